The van der Waals surface area contributed by atoms with Crippen molar-refractivity contribution in [3.05, 3.63) is 29.8 Å². The third kappa shape index (κ3) is 3.47. The van der Waals surface area contributed by atoms with Crippen molar-refractivity contribution in [2.45, 2.75) is 38.5 Å². The van der Waals surface area contributed by atoms with E-state index in [1.807, 2.05) is 0 Å². The van der Waals surface area contributed by atoms with Crippen molar-refractivity contribution in [1.29, 1.82) is 0 Å². The molecule has 0 radical (unpaired) electrons. The van der Waals surface area contributed by atoms with Crippen LogP contribution in [0, 0.1) is 0 Å². The van der Waals surface area contributed by atoms with Crippen LogP contribution < -0.4 is 10.6 Å². The highest BCUT2D eigenvalue weighted by Gasteiger charge is 2.14. The van der Waals surface area contributed by atoms with E-state index >= 15 is 0 Å². The second kappa shape index (κ2) is 6.65. The Bertz CT molecular complexity index is 335. The van der Waals surface area contributed by atoms with Crippen LogP contribution >= 0.6 is 0 Å². The highest BCUT2D eigenvalue weighted by molar-refractivity contribution is 5.55. The molecule has 0 aromatic heterocycles. The summed E-state index contributed by atoms with van der Waals surface area (Å²) in [7, 11) is 0. The first kappa shape index (κ1) is 12.4. The van der Waals surface area contributed by atoms with Crippen LogP contribution in [0.5, 0.6) is 0 Å². The lowest BCUT2D eigenvalue weighted by Gasteiger charge is -2.31. The molecule has 0 fully saturated rings. The van der Waals surface area contributed by atoms with E-state index in [0.717, 1.165) is 6.54 Å². The van der Waals surface area contributed by atoms with Crippen molar-refractivity contribution in [2.24, 2.45) is 5.73 Å². The quantitative estimate of drug-likeness (QED) is 0.764. The zero-order valence-electron chi connectivity index (χ0n) is 10.7. The highest BCUT2D eigenvalue weighted by atomic mass is 15.1. The number of hydrogen-bond acceptors (Lipinski definition) is 2. The molecule has 0 saturated heterocycles. The van der Waals surface area contributed by atoms with Gasteiger partial charge in [0.05, 0.1) is 0 Å². The monoisotopic (exact) mass is 232 g/mol. The first-order chi connectivity index (χ1) is 8.42. The predicted molar refractivity (Wildman–Crippen MR) is 74.5 cm³/mol. The Morgan fingerprint density at radius 2 is 1.88 bits per heavy atom. The SMILES string of the molecule is NCCCCCCN1CCCc2ccccc21. The summed E-state index contributed by atoms with van der Waals surface area (Å²) < 4.78 is 0. The number of fused-ring (bicyclic) bond motifs is 1. The van der Waals surface area contributed by atoms with Crippen molar-refractivity contribution >= 4 is 5.69 Å². The Kier molecular flexibility index (Phi) is 4.87. The topological polar surface area (TPSA) is 29.3 Å². The van der Waals surface area contributed by atoms with E-state index in [2.05, 4.69) is 29.2 Å². The maximum absolute atomic E-state index is 5.51. The van der Waals surface area contributed by atoms with Crippen LogP contribution in [0.1, 0.15) is 37.7 Å². The average molecular weight is 232 g/mol. The van der Waals surface area contributed by atoms with Crippen molar-refractivity contribution < 1.29 is 0 Å². The summed E-state index contributed by atoms with van der Waals surface area (Å²) in [5, 5.41) is 0. The lowest BCUT2D eigenvalue weighted by molar-refractivity contribution is 0.610. The lowest BCUT2D eigenvalue weighted by Crippen LogP contribution is -2.30. The number of unbranched alkanes of at least 4 members (excludes halogenated alkanes) is 3. The zero-order chi connectivity index (χ0) is 11.9. The number of aryl methyl sites for hydroxylation is 1. The third-order valence-corrected chi connectivity index (χ3v) is 3.59. The summed E-state index contributed by atoms with van der Waals surface area (Å²) >= 11 is 0. The Morgan fingerprint density at radius 1 is 1.06 bits per heavy atom. The van der Waals surface area contributed by atoms with Gasteiger partial charge in [0.15, 0.2) is 0 Å². The Morgan fingerprint density at radius 3 is 2.76 bits per heavy atom. The number of benzene rings is 1. The van der Waals surface area contributed by atoms with Gasteiger partial charge in [0, 0.05) is 18.8 Å². The molecule has 94 valence electrons. The van der Waals surface area contributed by atoms with E-state index in [0.29, 0.717) is 0 Å². The van der Waals surface area contributed by atoms with Crippen molar-refractivity contribution in [3.63, 3.8) is 0 Å². The Labute approximate surface area is 105 Å². The number of nitrogens with zero attached hydrogens (tertiary/aromatic N) is 1. The van der Waals surface area contributed by atoms with Crippen LogP contribution in [0.15, 0.2) is 24.3 Å². The normalized spacial score (nSPS) is 14.8. The zero-order valence-corrected chi connectivity index (χ0v) is 10.7. The van der Waals surface area contributed by atoms with Gasteiger partial charge in [0.25, 0.3) is 0 Å². The van der Waals surface area contributed by atoms with Gasteiger partial charge in [-0.3, -0.25) is 0 Å². The van der Waals surface area contributed by atoms with E-state index in [9.17, 15) is 0 Å². The molecule has 0 bridgehead atoms. The van der Waals surface area contributed by atoms with Crippen LogP contribution in [-0.2, 0) is 6.42 Å². The van der Waals surface area contributed by atoms with E-state index in [1.54, 1.807) is 0 Å². The molecule has 1 heterocycles. The molecule has 17 heavy (non-hydrogen) atoms. The van der Waals surface area contributed by atoms with Crippen LogP contribution in [0.2, 0.25) is 0 Å². The van der Waals surface area contributed by atoms with Gasteiger partial charge in [-0.25, -0.2) is 0 Å². The molecule has 2 N–H and O–H groups in total. The molecular weight excluding hydrogens is 208 g/mol. The maximum atomic E-state index is 5.51. The summed E-state index contributed by atoms with van der Waals surface area (Å²) in [6.07, 6.45) is 7.63. The molecule has 1 aromatic carbocycles. The fraction of sp³-hybridized carbons (Fsp3) is 0.600. The standard InChI is InChI=1S/C15H24N2/c16-11-5-1-2-6-12-17-13-7-9-14-8-3-4-10-15(14)17/h3-4,8,10H,1-2,5-7,9,11-13,16H2. The average Bonchev–Trinajstić information content (AvgIpc) is 2.39. The third-order valence-electron chi connectivity index (χ3n) is 3.59. The Balaban J connectivity index is 1.82. The van der Waals surface area contributed by atoms with E-state index in [4.69, 9.17) is 5.73 Å². The molecule has 2 nitrogen and oxygen atoms in total. The van der Waals surface area contributed by atoms with Crippen molar-refractivity contribution in [1.82, 2.24) is 0 Å². The minimum atomic E-state index is 0.840. The predicted octanol–water partition coefficient (Wildman–Crippen LogP) is 2.96. The van der Waals surface area contributed by atoms with Gasteiger partial charge in [0.1, 0.15) is 0 Å². The summed E-state index contributed by atoms with van der Waals surface area (Å²) in [6, 6.07) is 8.86. The van der Waals surface area contributed by atoms with Gasteiger partial charge in [-0.15, -0.1) is 0 Å². The molecule has 2 rings (SSSR count). The molecular formula is C15H24N2. The molecule has 1 aliphatic heterocycles. The summed E-state index contributed by atoms with van der Waals surface area (Å²) in [5.74, 6) is 0. The van der Waals surface area contributed by atoms with Crippen molar-refractivity contribution in [2.75, 3.05) is 24.5 Å². The van der Waals surface area contributed by atoms with Crippen LogP contribution in [0.3, 0.4) is 0 Å². The summed E-state index contributed by atoms with van der Waals surface area (Å²) in [6.45, 7) is 3.28. The molecule has 1 aliphatic rings. The van der Waals surface area contributed by atoms with Gasteiger partial charge in [-0.05, 0) is 43.9 Å². The Hall–Kier alpha value is -1.02. The minimum Gasteiger partial charge on any atom is -0.371 e. The molecule has 1 aromatic rings. The number of para-hydroxylation sites is 1. The molecule has 0 saturated carbocycles. The second-order valence-electron chi connectivity index (χ2n) is 4.92. The number of nitrogens with two attached hydrogens (primary N) is 1. The van der Waals surface area contributed by atoms with Gasteiger partial charge in [-0.1, -0.05) is 31.0 Å². The van der Waals surface area contributed by atoms with Crippen LogP contribution in [0.4, 0.5) is 5.69 Å². The lowest BCUT2D eigenvalue weighted by atomic mass is 10.0. The molecule has 0 amide bonds. The highest BCUT2D eigenvalue weighted by Crippen LogP contribution is 2.26. The van der Waals surface area contributed by atoms with Crippen LogP contribution in [0.25, 0.3) is 0 Å². The minimum absolute atomic E-state index is 0.840. The summed E-state index contributed by atoms with van der Waals surface area (Å²) in [4.78, 5) is 2.56. The van der Waals surface area contributed by atoms with Crippen molar-refractivity contribution in [3.8, 4) is 0 Å². The number of hydrogen-bond donors (Lipinski definition) is 1. The molecule has 0 atom stereocenters. The molecule has 0 aliphatic carbocycles. The van der Waals surface area contributed by atoms with Gasteiger partial charge in [-0.2, -0.15) is 0 Å². The van der Waals surface area contributed by atoms with Gasteiger partial charge >= 0.3 is 0 Å². The molecule has 0 unspecified atom stereocenters. The smallest absolute Gasteiger partial charge is 0.0398 e. The fourth-order valence-electron chi connectivity index (χ4n) is 2.64. The largest absolute Gasteiger partial charge is 0.371 e. The molecule has 0 spiro atoms. The second-order valence-corrected chi connectivity index (χ2v) is 4.92. The van der Waals surface area contributed by atoms with E-state index < -0.39 is 0 Å². The fourth-order valence-corrected chi connectivity index (χ4v) is 2.64. The van der Waals surface area contributed by atoms with E-state index in [1.165, 1.54) is 62.9 Å². The first-order valence-electron chi connectivity index (χ1n) is 6.95. The van der Waals surface area contributed by atoms with Gasteiger partial charge in [0.2, 0.25) is 0 Å². The van der Waals surface area contributed by atoms with Gasteiger partial charge < -0.3 is 10.6 Å². The summed E-state index contributed by atoms with van der Waals surface area (Å²) in [5.41, 5.74) is 8.50. The van der Waals surface area contributed by atoms with Crippen LogP contribution in [-0.4, -0.2) is 19.6 Å². The molecule has 2 heteroatoms. The number of rotatable bonds is 6. The first-order valence-corrected chi connectivity index (χ1v) is 6.95. The van der Waals surface area contributed by atoms with E-state index in [-0.39, 0.29) is 0 Å². The maximum Gasteiger partial charge on any atom is 0.0398 e. The number of anilines is 1.